The Hall–Kier alpha value is -3.26. The Bertz CT molecular complexity index is 1020. The third-order valence-electron chi connectivity index (χ3n) is 3.56. The van der Waals surface area contributed by atoms with Gasteiger partial charge in [-0.25, -0.2) is 14.3 Å². The van der Waals surface area contributed by atoms with Gasteiger partial charge < -0.3 is 4.74 Å². The minimum absolute atomic E-state index is 0.00588. The van der Waals surface area contributed by atoms with Crippen LogP contribution in [-0.2, 0) is 6.61 Å². The second-order valence-corrected chi connectivity index (χ2v) is 5.91. The van der Waals surface area contributed by atoms with Gasteiger partial charge in [0.05, 0.1) is 11.2 Å². The molecule has 1 heterocycles. The molecule has 0 aliphatic carbocycles. The van der Waals surface area contributed by atoms with E-state index in [9.17, 15) is 9.18 Å². The maximum Gasteiger partial charge on any atom is 0.363 e. The summed E-state index contributed by atoms with van der Waals surface area (Å²) in [5, 5.41) is 10.4. The molecule has 0 fully saturated rings. The second kappa shape index (κ2) is 8.41. The molecule has 0 aliphatic heterocycles. The summed E-state index contributed by atoms with van der Waals surface area (Å²) in [7, 11) is 0. The van der Waals surface area contributed by atoms with Crippen molar-refractivity contribution in [3.8, 4) is 5.75 Å². The van der Waals surface area contributed by atoms with E-state index < -0.39 is 11.5 Å². The van der Waals surface area contributed by atoms with Crippen LogP contribution in [0.4, 0.5) is 10.2 Å². The summed E-state index contributed by atoms with van der Waals surface area (Å²) >= 11 is 5.99. The molecule has 0 spiro atoms. The number of hydrogen-bond acceptors (Lipinski definition) is 6. The molecule has 0 radical (unpaired) electrons. The minimum atomic E-state index is -0.569. The molecule has 7 nitrogen and oxygen atoms in total. The fourth-order valence-corrected chi connectivity index (χ4v) is 2.39. The monoisotopic (exact) mass is 387 g/mol. The Morgan fingerprint density at radius 3 is 2.96 bits per heavy atom. The van der Waals surface area contributed by atoms with E-state index in [1.54, 1.807) is 31.2 Å². The van der Waals surface area contributed by atoms with Crippen molar-refractivity contribution < 1.29 is 9.13 Å². The van der Waals surface area contributed by atoms with Crippen LogP contribution < -0.4 is 15.9 Å². The highest BCUT2D eigenvalue weighted by Gasteiger charge is 2.07. The molecule has 0 unspecified atom stereocenters. The normalized spacial score (nSPS) is 10.9. The fourth-order valence-electron chi connectivity index (χ4n) is 2.18. The van der Waals surface area contributed by atoms with Crippen molar-refractivity contribution in [3.63, 3.8) is 0 Å². The van der Waals surface area contributed by atoms with Crippen LogP contribution in [0.1, 0.15) is 16.8 Å². The number of hydrazone groups is 1. The number of ether oxygens (including phenoxy) is 1. The molecule has 138 valence electrons. The van der Waals surface area contributed by atoms with Crippen LogP contribution in [0.25, 0.3) is 0 Å². The number of benzene rings is 2. The second-order valence-electron chi connectivity index (χ2n) is 5.51. The lowest BCUT2D eigenvalue weighted by Gasteiger charge is -2.09. The molecule has 27 heavy (non-hydrogen) atoms. The first-order chi connectivity index (χ1) is 13.0. The summed E-state index contributed by atoms with van der Waals surface area (Å²) in [5.74, 6) is 0.376. The van der Waals surface area contributed by atoms with Crippen LogP contribution in [0, 0.1) is 12.7 Å². The number of halogens is 2. The van der Waals surface area contributed by atoms with E-state index in [2.05, 4.69) is 25.7 Å². The summed E-state index contributed by atoms with van der Waals surface area (Å²) in [4.78, 5) is 14.9. The third kappa shape index (κ3) is 4.89. The lowest BCUT2D eigenvalue weighted by Crippen LogP contribution is -2.15. The number of nitrogens with one attached hydrogen (secondary N) is 2. The first kappa shape index (κ1) is 18.5. The van der Waals surface area contributed by atoms with Crippen LogP contribution in [-0.4, -0.2) is 21.4 Å². The Morgan fingerprint density at radius 2 is 2.15 bits per heavy atom. The van der Waals surface area contributed by atoms with E-state index in [-0.39, 0.29) is 12.4 Å². The van der Waals surface area contributed by atoms with Crippen molar-refractivity contribution in [2.75, 3.05) is 5.43 Å². The van der Waals surface area contributed by atoms with E-state index in [0.717, 1.165) is 5.56 Å². The van der Waals surface area contributed by atoms with Gasteiger partial charge in [0.25, 0.3) is 0 Å². The van der Waals surface area contributed by atoms with Crippen LogP contribution >= 0.6 is 11.6 Å². The topological polar surface area (TPSA) is 92.3 Å². The first-order valence-electron chi connectivity index (χ1n) is 7.91. The van der Waals surface area contributed by atoms with E-state index in [1.807, 2.05) is 6.07 Å². The van der Waals surface area contributed by atoms with E-state index >= 15 is 0 Å². The fraction of sp³-hybridized carbons (Fsp3) is 0.111. The summed E-state index contributed by atoms with van der Waals surface area (Å²) in [5.41, 5.74) is 3.62. The predicted octanol–water partition coefficient (Wildman–Crippen LogP) is 3.29. The van der Waals surface area contributed by atoms with Gasteiger partial charge in [-0.1, -0.05) is 29.8 Å². The average molecular weight is 388 g/mol. The lowest BCUT2D eigenvalue weighted by atomic mass is 10.2. The van der Waals surface area contributed by atoms with Gasteiger partial charge in [-0.2, -0.15) is 15.2 Å². The van der Waals surface area contributed by atoms with Gasteiger partial charge in [-0.05, 0) is 36.8 Å². The number of aromatic nitrogens is 3. The summed E-state index contributed by atoms with van der Waals surface area (Å²) < 4.78 is 19.4. The molecule has 2 N–H and O–H groups in total. The number of hydrogen-bond donors (Lipinski definition) is 2. The highest BCUT2D eigenvalue weighted by Crippen LogP contribution is 2.21. The zero-order chi connectivity index (χ0) is 19.2. The van der Waals surface area contributed by atoms with Crippen molar-refractivity contribution in [1.29, 1.82) is 0 Å². The average Bonchev–Trinajstić information content (AvgIpc) is 2.64. The number of rotatable bonds is 6. The quantitative estimate of drug-likeness (QED) is 0.500. The molecule has 0 aliphatic rings. The zero-order valence-corrected chi connectivity index (χ0v) is 15.0. The van der Waals surface area contributed by atoms with Crippen LogP contribution in [0.5, 0.6) is 5.75 Å². The molecule has 2 aromatic carbocycles. The van der Waals surface area contributed by atoms with Crippen molar-refractivity contribution in [2.45, 2.75) is 13.5 Å². The van der Waals surface area contributed by atoms with Crippen molar-refractivity contribution in [2.24, 2.45) is 5.10 Å². The van der Waals surface area contributed by atoms with Gasteiger partial charge in [0, 0.05) is 5.56 Å². The molecular formula is C18H15ClFN5O2. The highest BCUT2D eigenvalue weighted by molar-refractivity contribution is 6.31. The molecule has 0 atom stereocenters. The maximum absolute atomic E-state index is 13.8. The molecule has 0 bridgehead atoms. The molecule has 9 heteroatoms. The summed E-state index contributed by atoms with van der Waals surface area (Å²) in [6.07, 6.45) is 1.53. The third-order valence-corrected chi connectivity index (χ3v) is 3.92. The van der Waals surface area contributed by atoms with Crippen molar-refractivity contribution >= 4 is 23.6 Å². The van der Waals surface area contributed by atoms with E-state index in [1.165, 1.54) is 18.3 Å². The Labute approximate surface area is 158 Å². The van der Waals surface area contributed by atoms with Gasteiger partial charge in [-0.3, -0.25) is 5.43 Å². The van der Waals surface area contributed by atoms with Crippen molar-refractivity contribution in [1.82, 2.24) is 15.2 Å². The van der Waals surface area contributed by atoms with Crippen LogP contribution in [0.15, 0.2) is 52.4 Å². The van der Waals surface area contributed by atoms with Gasteiger partial charge in [0.2, 0.25) is 0 Å². The van der Waals surface area contributed by atoms with Gasteiger partial charge in [0.15, 0.2) is 5.82 Å². The lowest BCUT2D eigenvalue weighted by molar-refractivity contribution is 0.300. The first-order valence-corrected chi connectivity index (χ1v) is 8.29. The molecule has 1 aromatic heterocycles. The number of aryl methyl sites for hydroxylation is 1. The van der Waals surface area contributed by atoms with Crippen LogP contribution in [0.2, 0.25) is 5.02 Å². The molecule has 3 rings (SSSR count). The van der Waals surface area contributed by atoms with E-state index in [4.69, 9.17) is 16.3 Å². The summed E-state index contributed by atoms with van der Waals surface area (Å²) in [6, 6.07) is 11.5. The minimum Gasteiger partial charge on any atom is -0.489 e. The Kier molecular flexibility index (Phi) is 5.77. The number of H-pyrrole nitrogens is 1. The van der Waals surface area contributed by atoms with E-state index in [0.29, 0.717) is 22.0 Å². The zero-order valence-electron chi connectivity index (χ0n) is 14.2. The largest absolute Gasteiger partial charge is 0.489 e. The molecule has 0 saturated carbocycles. The predicted molar refractivity (Wildman–Crippen MR) is 101 cm³/mol. The SMILES string of the molecule is Cc1n[nH]c(=O)nc1NN=Cc1cccc(OCc2c(F)cccc2Cl)c1. The smallest absolute Gasteiger partial charge is 0.363 e. The standard InChI is InChI=1S/C18H15ClFN5O2/c1-11-17(22-18(26)25-23-11)24-21-9-12-4-2-5-13(8-12)27-10-14-15(19)6-3-7-16(14)20/h2-9H,10H2,1H3,(H2,22,24,25,26). The molecular weight excluding hydrogens is 373 g/mol. The molecule has 0 saturated heterocycles. The highest BCUT2D eigenvalue weighted by atomic mass is 35.5. The van der Waals surface area contributed by atoms with Gasteiger partial charge in [0.1, 0.15) is 23.9 Å². The Balaban J connectivity index is 1.66. The Morgan fingerprint density at radius 1 is 1.33 bits per heavy atom. The van der Waals surface area contributed by atoms with Gasteiger partial charge >= 0.3 is 5.69 Å². The number of anilines is 1. The maximum atomic E-state index is 13.8. The molecule has 3 aromatic rings. The van der Waals surface area contributed by atoms with Crippen LogP contribution in [0.3, 0.4) is 0 Å². The summed E-state index contributed by atoms with van der Waals surface area (Å²) in [6.45, 7) is 1.69. The van der Waals surface area contributed by atoms with Gasteiger partial charge in [-0.15, -0.1) is 0 Å². The number of aromatic amines is 1. The number of nitrogens with zero attached hydrogens (tertiary/aromatic N) is 3. The van der Waals surface area contributed by atoms with Crippen molar-refractivity contribution in [3.05, 3.63) is 80.6 Å². The molecule has 0 amide bonds.